The van der Waals surface area contributed by atoms with Crippen LogP contribution in [0, 0.1) is 0 Å². The van der Waals surface area contributed by atoms with Crippen LogP contribution in [0.2, 0.25) is 0 Å². The zero-order valence-corrected chi connectivity index (χ0v) is 10.2. The van der Waals surface area contributed by atoms with Gasteiger partial charge in [0.2, 0.25) is 0 Å². The molecule has 0 heterocycles. The van der Waals surface area contributed by atoms with Crippen LogP contribution in [0.3, 0.4) is 0 Å². The van der Waals surface area contributed by atoms with Crippen molar-refractivity contribution in [3.63, 3.8) is 0 Å². The average molecular weight is 208 g/mol. The third-order valence-corrected chi connectivity index (χ3v) is 2.22. The van der Waals surface area contributed by atoms with Crippen molar-refractivity contribution in [2.45, 2.75) is 6.42 Å². The minimum atomic E-state index is -4.02. The maximum atomic E-state index is 9.99. The molecular formula is C4H9NaO4S2. The van der Waals surface area contributed by atoms with E-state index in [9.17, 15) is 13.0 Å². The van der Waals surface area contributed by atoms with Crippen LogP contribution in [-0.4, -0.2) is 31.6 Å². The molecule has 0 saturated heterocycles. The fourth-order valence-electron chi connectivity index (χ4n) is 0.378. The summed E-state index contributed by atoms with van der Waals surface area (Å²) in [6, 6.07) is 0. The molecule has 0 aromatic rings. The van der Waals surface area contributed by atoms with Crippen molar-refractivity contribution in [2.24, 2.45) is 0 Å². The van der Waals surface area contributed by atoms with E-state index in [2.05, 4.69) is 4.18 Å². The summed E-state index contributed by atoms with van der Waals surface area (Å²) in [5.74, 6) is 0.237. The Balaban J connectivity index is 0. The van der Waals surface area contributed by atoms with Crippen molar-refractivity contribution >= 4 is 22.2 Å². The van der Waals surface area contributed by atoms with Crippen molar-refractivity contribution in [3.05, 3.63) is 0 Å². The molecule has 0 saturated carbocycles. The quantitative estimate of drug-likeness (QED) is 0.212. The van der Waals surface area contributed by atoms with E-state index in [-0.39, 0.29) is 35.3 Å². The second-order valence-electron chi connectivity index (χ2n) is 1.60. The molecule has 0 unspecified atom stereocenters. The van der Waals surface area contributed by atoms with Crippen LogP contribution in [0.15, 0.2) is 0 Å². The molecule has 0 N–H and O–H groups in total. The Labute approximate surface area is 93.3 Å². The molecule has 0 radical (unpaired) electrons. The molecule has 0 aliphatic heterocycles. The van der Waals surface area contributed by atoms with Crippen molar-refractivity contribution in [1.29, 1.82) is 0 Å². The first-order valence-electron chi connectivity index (χ1n) is 2.65. The first kappa shape index (κ1) is 14.7. The maximum Gasteiger partial charge on any atom is 1.00 e. The van der Waals surface area contributed by atoms with Crippen LogP contribution < -0.4 is 29.6 Å². The van der Waals surface area contributed by atoms with Gasteiger partial charge in [0.15, 0.2) is 0 Å². The van der Waals surface area contributed by atoms with Gasteiger partial charge in [-0.05, 0) is 18.5 Å². The van der Waals surface area contributed by atoms with Gasteiger partial charge in [0.05, 0.1) is 17.2 Å². The molecule has 0 fully saturated rings. The van der Waals surface area contributed by atoms with Gasteiger partial charge in [-0.25, -0.2) is 8.42 Å². The monoisotopic (exact) mass is 208 g/mol. The van der Waals surface area contributed by atoms with Crippen LogP contribution in [0.1, 0.15) is 6.42 Å². The fraction of sp³-hybridized carbons (Fsp3) is 1.00. The van der Waals surface area contributed by atoms with Crippen molar-refractivity contribution in [2.75, 3.05) is 18.6 Å². The van der Waals surface area contributed by atoms with E-state index in [0.717, 1.165) is 12.0 Å². The van der Waals surface area contributed by atoms with Gasteiger partial charge < -0.3 is 8.74 Å². The Morgan fingerprint density at radius 2 is 2.09 bits per heavy atom. The Hall–Kier alpha value is 1.22. The molecule has 0 spiro atoms. The van der Waals surface area contributed by atoms with Crippen LogP contribution >= 0.6 is 12.0 Å². The van der Waals surface area contributed by atoms with Crippen LogP contribution in [-0.2, 0) is 14.3 Å². The molecule has 7 heteroatoms. The average Bonchev–Trinajstić information content (AvgIpc) is 1.78. The molecule has 62 valence electrons. The number of hydrogen-bond donors (Lipinski definition) is 0. The molecule has 0 amide bonds. The summed E-state index contributed by atoms with van der Waals surface area (Å²) in [5.41, 5.74) is 0. The van der Waals surface area contributed by atoms with E-state index in [1.807, 2.05) is 0 Å². The van der Waals surface area contributed by atoms with E-state index >= 15 is 0 Å². The van der Waals surface area contributed by atoms with Gasteiger partial charge in [-0.3, -0.25) is 0 Å². The number of hydrogen-bond acceptors (Lipinski definition) is 5. The largest absolute Gasteiger partial charge is 1.00 e. The third kappa shape index (κ3) is 14.1. The molecule has 0 aliphatic carbocycles. The molecule has 0 rings (SSSR count). The maximum absolute atomic E-state index is 9.99. The normalized spacial score (nSPS) is 10.7. The Morgan fingerprint density at radius 1 is 1.55 bits per heavy atom. The smallest absolute Gasteiger partial charge is 0.748 e. The third-order valence-electron chi connectivity index (χ3n) is 0.740. The van der Waals surface area contributed by atoms with Gasteiger partial charge in [-0.15, -0.1) is 0 Å². The van der Waals surface area contributed by atoms with Crippen molar-refractivity contribution in [1.82, 2.24) is 0 Å². The first-order valence-corrected chi connectivity index (χ1v) is 5.14. The minimum Gasteiger partial charge on any atom is -0.748 e. The van der Waals surface area contributed by atoms with Crippen LogP contribution in [0.25, 0.3) is 0 Å². The first-order chi connectivity index (χ1) is 4.56. The van der Waals surface area contributed by atoms with Crippen LogP contribution in [0.4, 0.5) is 0 Å². The molecular weight excluding hydrogens is 199 g/mol. The predicted octanol–water partition coefficient (Wildman–Crippen LogP) is -2.78. The summed E-state index contributed by atoms with van der Waals surface area (Å²) in [5, 5.41) is 0. The topological polar surface area (TPSA) is 66.4 Å². The summed E-state index contributed by atoms with van der Waals surface area (Å²) >= 11 is 1.15. The van der Waals surface area contributed by atoms with E-state index in [0.29, 0.717) is 12.2 Å². The molecule has 0 atom stereocenters. The Kier molecular flexibility index (Phi) is 10.5. The van der Waals surface area contributed by atoms with Crippen molar-refractivity contribution in [3.8, 4) is 0 Å². The van der Waals surface area contributed by atoms with Crippen LogP contribution in [0.5, 0.6) is 0 Å². The SMILES string of the molecule is COSCCCS(=O)(=O)[O-].[Na+]. The summed E-state index contributed by atoms with van der Waals surface area (Å²) in [6.45, 7) is 0. The van der Waals surface area contributed by atoms with Gasteiger partial charge in [0.1, 0.15) is 0 Å². The van der Waals surface area contributed by atoms with Gasteiger partial charge in [0, 0.05) is 11.5 Å². The molecule has 0 aromatic carbocycles. The number of rotatable bonds is 5. The summed E-state index contributed by atoms with van der Waals surface area (Å²) in [6.07, 6.45) is 0.352. The standard InChI is InChI=1S/C4H10O4S2.Na/c1-8-9-3-2-4-10(5,6)7;/h2-4H2,1H3,(H,5,6,7);/q;+1/p-1. The van der Waals surface area contributed by atoms with Gasteiger partial charge in [0.25, 0.3) is 0 Å². The van der Waals surface area contributed by atoms with E-state index in [1.165, 1.54) is 7.11 Å². The molecule has 0 aliphatic rings. The fourth-order valence-corrected chi connectivity index (χ4v) is 1.49. The van der Waals surface area contributed by atoms with E-state index < -0.39 is 10.1 Å². The zero-order chi connectivity index (χ0) is 8.04. The Morgan fingerprint density at radius 3 is 2.45 bits per heavy atom. The van der Waals surface area contributed by atoms with Gasteiger partial charge in [-0.2, -0.15) is 0 Å². The van der Waals surface area contributed by atoms with Crippen molar-refractivity contribution < 1.29 is 46.7 Å². The zero-order valence-electron chi connectivity index (χ0n) is 6.57. The second kappa shape index (κ2) is 7.85. The summed E-state index contributed by atoms with van der Waals surface area (Å²) in [7, 11) is -2.53. The van der Waals surface area contributed by atoms with Gasteiger partial charge in [-0.1, -0.05) is 0 Å². The summed E-state index contributed by atoms with van der Waals surface area (Å²) in [4.78, 5) is 0. The van der Waals surface area contributed by atoms with E-state index in [1.54, 1.807) is 0 Å². The molecule has 4 nitrogen and oxygen atoms in total. The molecule has 0 aromatic heterocycles. The summed E-state index contributed by atoms with van der Waals surface area (Å²) < 4.78 is 34.5. The van der Waals surface area contributed by atoms with Gasteiger partial charge >= 0.3 is 29.6 Å². The molecule has 11 heavy (non-hydrogen) atoms. The predicted molar refractivity (Wildman–Crippen MR) is 38.6 cm³/mol. The Bertz CT molecular complexity index is 167. The van der Waals surface area contributed by atoms with E-state index in [4.69, 9.17) is 0 Å². The molecule has 0 bridgehead atoms. The second-order valence-corrected chi connectivity index (χ2v) is 4.10. The minimum absolute atomic E-state index is 0.